The summed E-state index contributed by atoms with van der Waals surface area (Å²) in [5.74, 6) is -1.71. The van der Waals surface area contributed by atoms with Crippen LogP contribution in [0.2, 0.25) is 0 Å². The number of benzene rings is 3. The second kappa shape index (κ2) is 6.79. The minimum atomic E-state index is -1.14. The van der Waals surface area contributed by atoms with E-state index in [0.29, 0.717) is 5.56 Å². The molecular formula is C20H14O4. The number of ether oxygens (including phenoxy) is 1. The maximum absolute atomic E-state index is 12.6. The molecule has 0 aliphatic carbocycles. The van der Waals surface area contributed by atoms with E-state index in [1.54, 1.807) is 24.3 Å². The molecule has 0 fully saturated rings. The standard InChI is InChI=1S/C20H14O4/c21-19(22)17-12-6-7-13-18(17)24-20(23)16-11-5-4-10-15(16)14-8-2-1-3-9-14/h1-13H,(H,21,22). The molecule has 0 saturated heterocycles. The van der Waals surface area contributed by atoms with Crippen LogP contribution >= 0.6 is 0 Å². The molecule has 0 saturated carbocycles. The molecule has 24 heavy (non-hydrogen) atoms. The quantitative estimate of drug-likeness (QED) is 0.576. The molecule has 0 spiro atoms. The van der Waals surface area contributed by atoms with E-state index in [-0.39, 0.29) is 11.3 Å². The first kappa shape index (κ1) is 15.5. The summed E-state index contributed by atoms with van der Waals surface area (Å²) in [6.45, 7) is 0. The van der Waals surface area contributed by atoms with Crippen LogP contribution < -0.4 is 4.74 Å². The van der Waals surface area contributed by atoms with Gasteiger partial charge < -0.3 is 9.84 Å². The fourth-order valence-electron chi connectivity index (χ4n) is 2.42. The summed E-state index contributed by atoms with van der Waals surface area (Å²) in [7, 11) is 0. The lowest BCUT2D eigenvalue weighted by Gasteiger charge is -2.11. The molecule has 0 aromatic heterocycles. The summed E-state index contributed by atoms with van der Waals surface area (Å²) < 4.78 is 5.34. The molecule has 0 amide bonds. The van der Waals surface area contributed by atoms with Gasteiger partial charge in [0.2, 0.25) is 0 Å². The number of carbonyl (C=O) groups is 2. The Morgan fingerprint density at radius 2 is 1.29 bits per heavy atom. The van der Waals surface area contributed by atoms with E-state index >= 15 is 0 Å². The van der Waals surface area contributed by atoms with E-state index in [1.807, 2.05) is 42.5 Å². The minimum absolute atomic E-state index is 0.0258. The number of hydrogen-bond acceptors (Lipinski definition) is 3. The van der Waals surface area contributed by atoms with Crippen molar-refractivity contribution in [3.63, 3.8) is 0 Å². The fourth-order valence-corrected chi connectivity index (χ4v) is 2.42. The molecule has 4 heteroatoms. The van der Waals surface area contributed by atoms with E-state index in [2.05, 4.69) is 0 Å². The Labute approximate surface area is 139 Å². The fraction of sp³-hybridized carbons (Fsp3) is 0. The first-order valence-corrected chi connectivity index (χ1v) is 7.36. The van der Waals surface area contributed by atoms with Crippen LogP contribution in [0.25, 0.3) is 11.1 Å². The third-order valence-corrected chi connectivity index (χ3v) is 3.55. The summed E-state index contributed by atoms with van der Waals surface area (Å²) in [5, 5.41) is 9.19. The van der Waals surface area contributed by atoms with Gasteiger partial charge in [0.25, 0.3) is 0 Å². The largest absolute Gasteiger partial charge is 0.478 e. The molecule has 0 radical (unpaired) electrons. The van der Waals surface area contributed by atoms with E-state index < -0.39 is 11.9 Å². The molecule has 0 bridgehead atoms. The average molecular weight is 318 g/mol. The number of carboxylic acid groups (broad SMARTS) is 1. The van der Waals surface area contributed by atoms with Crippen LogP contribution in [-0.2, 0) is 0 Å². The van der Waals surface area contributed by atoms with Gasteiger partial charge in [0, 0.05) is 0 Å². The molecule has 3 rings (SSSR count). The van der Waals surface area contributed by atoms with Crippen LogP contribution in [0.15, 0.2) is 78.9 Å². The summed E-state index contributed by atoms with van der Waals surface area (Å²) >= 11 is 0. The molecule has 0 heterocycles. The molecule has 118 valence electrons. The van der Waals surface area contributed by atoms with E-state index in [9.17, 15) is 14.7 Å². The maximum Gasteiger partial charge on any atom is 0.344 e. The molecule has 3 aromatic carbocycles. The van der Waals surface area contributed by atoms with Crippen LogP contribution in [0.3, 0.4) is 0 Å². The van der Waals surface area contributed by atoms with Crippen molar-refractivity contribution in [3.05, 3.63) is 90.0 Å². The zero-order valence-electron chi connectivity index (χ0n) is 12.7. The lowest BCUT2D eigenvalue weighted by Crippen LogP contribution is -2.12. The summed E-state index contributed by atoms with van der Waals surface area (Å²) in [5.41, 5.74) is 1.94. The number of aromatic carboxylic acids is 1. The van der Waals surface area contributed by atoms with Gasteiger partial charge in [-0.2, -0.15) is 0 Å². The van der Waals surface area contributed by atoms with E-state index in [1.165, 1.54) is 12.1 Å². The first-order valence-electron chi connectivity index (χ1n) is 7.36. The third-order valence-electron chi connectivity index (χ3n) is 3.55. The third kappa shape index (κ3) is 3.17. The second-order valence-corrected chi connectivity index (χ2v) is 5.10. The van der Waals surface area contributed by atoms with Gasteiger partial charge >= 0.3 is 11.9 Å². The van der Waals surface area contributed by atoms with Gasteiger partial charge in [-0.25, -0.2) is 9.59 Å². The minimum Gasteiger partial charge on any atom is -0.478 e. The van der Waals surface area contributed by atoms with E-state index in [4.69, 9.17) is 4.74 Å². The summed E-state index contributed by atoms with van der Waals surface area (Å²) in [4.78, 5) is 23.8. The number of carboxylic acids is 1. The highest BCUT2D eigenvalue weighted by Crippen LogP contribution is 2.26. The van der Waals surface area contributed by atoms with Crippen LogP contribution in [0.1, 0.15) is 20.7 Å². The average Bonchev–Trinajstić information content (AvgIpc) is 2.62. The Hall–Kier alpha value is -3.40. The second-order valence-electron chi connectivity index (χ2n) is 5.10. The predicted octanol–water partition coefficient (Wildman–Crippen LogP) is 4.27. The number of esters is 1. The lowest BCUT2D eigenvalue weighted by atomic mass is 10.00. The van der Waals surface area contributed by atoms with Crippen molar-refractivity contribution in [1.29, 1.82) is 0 Å². The normalized spacial score (nSPS) is 10.2. The number of hydrogen-bond donors (Lipinski definition) is 1. The zero-order chi connectivity index (χ0) is 16.9. The number of carbonyl (C=O) groups excluding carboxylic acids is 1. The van der Waals surface area contributed by atoms with Crippen LogP contribution in [-0.4, -0.2) is 17.0 Å². The van der Waals surface area contributed by atoms with Gasteiger partial charge in [-0.05, 0) is 29.3 Å². The van der Waals surface area contributed by atoms with Gasteiger partial charge in [0.1, 0.15) is 11.3 Å². The van der Waals surface area contributed by atoms with Gasteiger partial charge in [0.05, 0.1) is 5.56 Å². The number of para-hydroxylation sites is 1. The van der Waals surface area contributed by atoms with E-state index in [0.717, 1.165) is 11.1 Å². The Morgan fingerprint density at radius 3 is 2.00 bits per heavy atom. The zero-order valence-corrected chi connectivity index (χ0v) is 12.7. The number of rotatable bonds is 4. The highest BCUT2D eigenvalue weighted by Gasteiger charge is 2.18. The molecule has 4 nitrogen and oxygen atoms in total. The molecule has 0 atom stereocenters. The molecule has 0 unspecified atom stereocenters. The van der Waals surface area contributed by atoms with Crippen molar-refractivity contribution in [1.82, 2.24) is 0 Å². The monoisotopic (exact) mass is 318 g/mol. The lowest BCUT2D eigenvalue weighted by molar-refractivity contribution is 0.0681. The van der Waals surface area contributed by atoms with Crippen LogP contribution in [0.4, 0.5) is 0 Å². The first-order chi connectivity index (χ1) is 11.7. The Bertz CT molecular complexity index is 885. The van der Waals surface area contributed by atoms with Gasteiger partial charge in [0.15, 0.2) is 0 Å². The molecular weight excluding hydrogens is 304 g/mol. The van der Waals surface area contributed by atoms with Crippen molar-refractivity contribution in [2.24, 2.45) is 0 Å². The highest BCUT2D eigenvalue weighted by atomic mass is 16.5. The summed E-state index contributed by atoms with van der Waals surface area (Å²) in [6.07, 6.45) is 0. The molecule has 0 aliphatic heterocycles. The van der Waals surface area contributed by atoms with Crippen molar-refractivity contribution >= 4 is 11.9 Å². The van der Waals surface area contributed by atoms with Crippen molar-refractivity contribution in [2.75, 3.05) is 0 Å². The van der Waals surface area contributed by atoms with Crippen molar-refractivity contribution in [3.8, 4) is 16.9 Å². The van der Waals surface area contributed by atoms with Gasteiger partial charge in [-0.1, -0.05) is 60.7 Å². The Kier molecular flexibility index (Phi) is 4.38. The SMILES string of the molecule is O=C(O)c1ccccc1OC(=O)c1ccccc1-c1ccccc1. The van der Waals surface area contributed by atoms with Gasteiger partial charge in [-0.3, -0.25) is 0 Å². The Balaban J connectivity index is 1.97. The van der Waals surface area contributed by atoms with Crippen molar-refractivity contribution in [2.45, 2.75) is 0 Å². The molecule has 0 aliphatic rings. The summed E-state index contributed by atoms with van der Waals surface area (Å²) in [6, 6.07) is 22.6. The van der Waals surface area contributed by atoms with Crippen molar-refractivity contribution < 1.29 is 19.4 Å². The topological polar surface area (TPSA) is 63.6 Å². The molecule has 3 aromatic rings. The van der Waals surface area contributed by atoms with Crippen LogP contribution in [0, 0.1) is 0 Å². The molecule has 1 N–H and O–H groups in total. The Morgan fingerprint density at radius 1 is 0.708 bits per heavy atom. The smallest absolute Gasteiger partial charge is 0.344 e. The maximum atomic E-state index is 12.6. The highest BCUT2D eigenvalue weighted by molar-refractivity contribution is 6.00. The van der Waals surface area contributed by atoms with Gasteiger partial charge in [-0.15, -0.1) is 0 Å². The van der Waals surface area contributed by atoms with Crippen LogP contribution in [0.5, 0.6) is 5.75 Å². The predicted molar refractivity (Wildman–Crippen MR) is 90.2 cm³/mol.